The summed E-state index contributed by atoms with van der Waals surface area (Å²) in [5.41, 5.74) is 0. The molecular formula is C6H8O4. The molecule has 0 aliphatic carbocycles. The van der Waals surface area contributed by atoms with Crippen molar-refractivity contribution in [3.63, 3.8) is 0 Å². The fraction of sp³-hybridized carbons (Fsp3) is 0.833. The standard InChI is InChI=1S/C6H8O4/c7-3-1-9-6-4(8)2-10-5(3)6/h3,5-7H,1-2H2/t3-,5?,6?/m0/s1. The number of aliphatic hydroxyl groups excluding tert-OH is 1. The maximum absolute atomic E-state index is 10.8. The van der Waals surface area contributed by atoms with Gasteiger partial charge in [-0.05, 0) is 0 Å². The van der Waals surface area contributed by atoms with Gasteiger partial charge in [0.1, 0.15) is 24.9 Å². The summed E-state index contributed by atoms with van der Waals surface area (Å²) in [6, 6.07) is 0. The summed E-state index contributed by atoms with van der Waals surface area (Å²) in [5.74, 6) is -0.0541. The zero-order valence-corrected chi connectivity index (χ0v) is 5.32. The molecule has 0 aromatic heterocycles. The molecule has 1 N–H and O–H groups in total. The lowest BCUT2D eigenvalue weighted by atomic mass is 10.1. The molecule has 4 nitrogen and oxygen atoms in total. The van der Waals surface area contributed by atoms with E-state index >= 15 is 0 Å². The Hall–Kier alpha value is -0.450. The van der Waals surface area contributed by atoms with Crippen LogP contribution in [0.4, 0.5) is 0 Å². The first kappa shape index (κ1) is 6.27. The largest absolute Gasteiger partial charge is 0.388 e. The second-order valence-electron chi connectivity index (χ2n) is 2.56. The number of carbonyl (C=O) groups is 1. The lowest BCUT2D eigenvalue weighted by Crippen LogP contribution is -2.28. The van der Waals surface area contributed by atoms with E-state index in [0.29, 0.717) is 0 Å². The molecule has 0 spiro atoms. The highest BCUT2D eigenvalue weighted by Crippen LogP contribution is 2.23. The average molecular weight is 144 g/mol. The van der Waals surface area contributed by atoms with Gasteiger partial charge in [-0.25, -0.2) is 0 Å². The molecule has 0 radical (unpaired) electrons. The van der Waals surface area contributed by atoms with Crippen LogP contribution in [0.1, 0.15) is 0 Å². The minimum atomic E-state index is -0.614. The summed E-state index contributed by atoms with van der Waals surface area (Å²) in [4.78, 5) is 10.8. The van der Waals surface area contributed by atoms with Crippen molar-refractivity contribution in [2.24, 2.45) is 0 Å². The molecule has 10 heavy (non-hydrogen) atoms. The Bertz CT molecular complexity index is 167. The van der Waals surface area contributed by atoms with Crippen LogP contribution >= 0.6 is 0 Å². The second-order valence-corrected chi connectivity index (χ2v) is 2.56. The van der Waals surface area contributed by atoms with Crippen LogP contribution < -0.4 is 0 Å². The average Bonchev–Trinajstić information content (AvgIpc) is 2.41. The van der Waals surface area contributed by atoms with Gasteiger partial charge in [-0.15, -0.1) is 0 Å². The van der Waals surface area contributed by atoms with Crippen molar-refractivity contribution >= 4 is 5.78 Å². The Labute approximate surface area is 57.7 Å². The van der Waals surface area contributed by atoms with Gasteiger partial charge in [-0.3, -0.25) is 4.79 Å². The van der Waals surface area contributed by atoms with E-state index in [-0.39, 0.29) is 19.0 Å². The fourth-order valence-electron chi connectivity index (χ4n) is 1.33. The zero-order chi connectivity index (χ0) is 7.14. The predicted octanol–water partition coefficient (Wildman–Crippen LogP) is -1.29. The van der Waals surface area contributed by atoms with Gasteiger partial charge in [-0.1, -0.05) is 0 Å². The Balaban J connectivity index is 2.16. The van der Waals surface area contributed by atoms with E-state index in [9.17, 15) is 4.79 Å². The van der Waals surface area contributed by atoms with Crippen molar-refractivity contribution in [2.45, 2.75) is 18.3 Å². The molecule has 2 aliphatic heterocycles. The van der Waals surface area contributed by atoms with Crippen molar-refractivity contribution < 1.29 is 19.4 Å². The molecule has 2 rings (SSSR count). The van der Waals surface area contributed by atoms with Crippen LogP contribution in [0.5, 0.6) is 0 Å². The monoisotopic (exact) mass is 144 g/mol. The van der Waals surface area contributed by atoms with Crippen molar-refractivity contribution in [2.75, 3.05) is 13.2 Å². The van der Waals surface area contributed by atoms with Crippen molar-refractivity contribution in [1.82, 2.24) is 0 Å². The third-order valence-corrected chi connectivity index (χ3v) is 1.86. The summed E-state index contributed by atoms with van der Waals surface area (Å²) in [6.45, 7) is 0.313. The molecule has 2 unspecified atom stereocenters. The molecule has 2 aliphatic rings. The molecule has 0 amide bonds. The molecule has 56 valence electrons. The van der Waals surface area contributed by atoms with Crippen LogP contribution in [0.15, 0.2) is 0 Å². The van der Waals surface area contributed by atoms with Gasteiger partial charge in [0, 0.05) is 0 Å². The molecule has 2 heterocycles. The molecule has 0 bridgehead atoms. The number of aliphatic hydroxyl groups is 1. The highest BCUT2D eigenvalue weighted by molar-refractivity contribution is 5.87. The first-order valence-corrected chi connectivity index (χ1v) is 3.23. The Morgan fingerprint density at radius 1 is 1.50 bits per heavy atom. The smallest absolute Gasteiger partial charge is 0.189 e. The van der Waals surface area contributed by atoms with Crippen molar-refractivity contribution in [1.29, 1.82) is 0 Å². The minimum Gasteiger partial charge on any atom is -0.388 e. The van der Waals surface area contributed by atoms with Gasteiger partial charge in [0.2, 0.25) is 0 Å². The first-order chi connectivity index (χ1) is 4.79. The van der Waals surface area contributed by atoms with E-state index in [2.05, 4.69) is 0 Å². The Morgan fingerprint density at radius 2 is 2.30 bits per heavy atom. The van der Waals surface area contributed by atoms with Crippen molar-refractivity contribution in [3.8, 4) is 0 Å². The van der Waals surface area contributed by atoms with E-state index in [1.165, 1.54) is 0 Å². The maximum atomic E-state index is 10.8. The highest BCUT2D eigenvalue weighted by atomic mass is 16.6. The normalized spacial score (nSPS) is 46.1. The van der Waals surface area contributed by atoms with Gasteiger partial charge in [0.05, 0.1) is 6.61 Å². The second kappa shape index (κ2) is 2.02. The number of ether oxygens (including phenoxy) is 2. The van der Waals surface area contributed by atoms with Gasteiger partial charge in [0.25, 0.3) is 0 Å². The summed E-state index contributed by atoms with van der Waals surface area (Å²) >= 11 is 0. The number of rotatable bonds is 0. The molecule has 2 saturated heterocycles. The van der Waals surface area contributed by atoms with Crippen LogP contribution in [0.3, 0.4) is 0 Å². The minimum absolute atomic E-state index is 0.0541. The number of fused-ring (bicyclic) bond motifs is 1. The molecule has 3 atom stereocenters. The quantitative estimate of drug-likeness (QED) is 0.459. The number of hydrogen-bond acceptors (Lipinski definition) is 4. The Morgan fingerprint density at radius 3 is 3.00 bits per heavy atom. The van der Waals surface area contributed by atoms with E-state index in [1.54, 1.807) is 0 Å². The molecule has 0 aromatic carbocycles. The maximum Gasteiger partial charge on any atom is 0.189 e. The third kappa shape index (κ3) is 0.697. The van der Waals surface area contributed by atoms with Gasteiger partial charge in [0.15, 0.2) is 5.78 Å². The summed E-state index contributed by atoms with van der Waals surface area (Å²) in [5, 5.41) is 9.11. The first-order valence-electron chi connectivity index (χ1n) is 3.23. The summed E-state index contributed by atoms with van der Waals surface area (Å²) < 4.78 is 9.95. The fourth-order valence-corrected chi connectivity index (χ4v) is 1.33. The van der Waals surface area contributed by atoms with E-state index in [4.69, 9.17) is 14.6 Å². The van der Waals surface area contributed by atoms with Crippen LogP contribution in [0.2, 0.25) is 0 Å². The van der Waals surface area contributed by atoms with Crippen LogP contribution in [-0.4, -0.2) is 42.4 Å². The Kier molecular flexibility index (Phi) is 1.26. The molecule has 0 aromatic rings. The van der Waals surface area contributed by atoms with Gasteiger partial charge >= 0.3 is 0 Å². The van der Waals surface area contributed by atoms with Crippen molar-refractivity contribution in [3.05, 3.63) is 0 Å². The molecular weight excluding hydrogens is 136 g/mol. The van der Waals surface area contributed by atoms with E-state index < -0.39 is 18.3 Å². The number of carbonyl (C=O) groups excluding carboxylic acids is 1. The lowest BCUT2D eigenvalue weighted by molar-refractivity contribution is -0.125. The predicted molar refractivity (Wildman–Crippen MR) is 30.5 cm³/mol. The SMILES string of the molecule is O=C1COC2C1OC[C@@H]2O. The topological polar surface area (TPSA) is 55.8 Å². The highest BCUT2D eigenvalue weighted by Gasteiger charge is 2.46. The van der Waals surface area contributed by atoms with Gasteiger partial charge < -0.3 is 14.6 Å². The molecule has 0 saturated carbocycles. The van der Waals surface area contributed by atoms with E-state index in [1.807, 2.05) is 0 Å². The number of hydrogen-bond donors (Lipinski definition) is 1. The summed E-state index contributed by atoms with van der Waals surface area (Å²) in [7, 11) is 0. The lowest BCUT2D eigenvalue weighted by Gasteiger charge is -2.06. The molecule has 4 heteroatoms. The van der Waals surface area contributed by atoms with Crippen LogP contribution in [0.25, 0.3) is 0 Å². The van der Waals surface area contributed by atoms with Gasteiger partial charge in [-0.2, -0.15) is 0 Å². The number of Topliss-reactive ketones (excluding diaryl/α,β-unsaturated/α-hetero) is 1. The zero-order valence-electron chi connectivity index (χ0n) is 5.32. The number of ketones is 1. The van der Waals surface area contributed by atoms with Crippen LogP contribution in [0, 0.1) is 0 Å². The third-order valence-electron chi connectivity index (χ3n) is 1.86. The summed E-state index contributed by atoms with van der Waals surface area (Å²) in [6.07, 6.45) is -1.50. The van der Waals surface area contributed by atoms with Crippen LogP contribution in [-0.2, 0) is 14.3 Å². The van der Waals surface area contributed by atoms with E-state index in [0.717, 1.165) is 0 Å². The molecule has 2 fully saturated rings.